The van der Waals surface area contributed by atoms with Crippen LogP contribution >= 0.6 is 0 Å². The molecule has 7 heteroatoms. The van der Waals surface area contributed by atoms with Crippen molar-refractivity contribution in [2.75, 3.05) is 26.8 Å². The molecule has 6 nitrogen and oxygen atoms in total. The van der Waals surface area contributed by atoms with Gasteiger partial charge in [-0.3, -0.25) is 0 Å². The SMILES string of the molecule is COc1cc(C#N)ccc1[S+]([O-])N1CCC(O)(CO)C1. The maximum atomic E-state index is 12.5. The molecule has 1 saturated heterocycles. The molecule has 0 spiro atoms. The molecule has 2 N–H and O–H groups in total. The van der Waals surface area contributed by atoms with E-state index in [0.29, 0.717) is 29.2 Å². The number of hydrogen-bond acceptors (Lipinski definition) is 6. The largest absolute Gasteiger partial charge is 0.593 e. The molecular formula is C13H16N2O4S. The minimum absolute atomic E-state index is 0.138. The Balaban J connectivity index is 2.22. The molecule has 1 heterocycles. The van der Waals surface area contributed by atoms with Crippen LogP contribution in [0.15, 0.2) is 23.1 Å². The Bertz CT molecular complexity index is 534. The summed E-state index contributed by atoms with van der Waals surface area (Å²) >= 11 is -1.50. The van der Waals surface area contributed by atoms with E-state index in [0.717, 1.165) is 0 Å². The normalized spacial score (nSPS) is 24.4. The highest BCUT2D eigenvalue weighted by atomic mass is 32.2. The first kappa shape index (κ1) is 15.1. The van der Waals surface area contributed by atoms with Crippen LogP contribution in [0.4, 0.5) is 0 Å². The van der Waals surface area contributed by atoms with Crippen LogP contribution in [-0.2, 0) is 11.4 Å². The van der Waals surface area contributed by atoms with Crippen molar-refractivity contribution in [2.45, 2.75) is 16.9 Å². The second kappa shape index (κ2) is 5.99. The summed E-state index contributed by atoms with van der Waals surface area (Å²) in [6.45, 7) is 0.206. The van der Waals surface area contributed by atoms with E-state index in [1.54, 1.807) is 16.4 Å². The van der Waals surface area contributed by atoms with Crippen molar-refractivity contribution in [2.24, 2.45) is 0 Å². The van der Waals surface area contributed by atoms with E-state index in [4.69, 9.17) is 15.1 Å². The zero-order chi connectivity index (χ0) is 14.8. The van der Waals surface area contributed by atoms with Gasteiger partial charge in [-0.25, -0.2) is 0 Å². The van der Waals surface area contributed by atoms with Crippen molar-refractivity contribution >= 4 is 11.4 Å². The van der Waals surface area contributed by atoms with Gasteiger partial charge < -0.3 is 19.5 Å². The van der Waals surface area contributed by atoms with Crippen LogP contribution in [0.1, 0.15) is 12.0 Å². The molecule has 20 heavy (non-hydrogen) atoms. The molecule has 1 aliphatic rings. The van der Waals surface area contributed by atoms with Crippen molar-refractivity contribution in [3.8, 4) is 11.8 Å². The van der Waals surface area contributed by atoms with Crippen LogP contribution < -0.4 is 4.74 Å². The summed E-state index contributed by atoms with van der Waals surface area (Å²) in [6, 6.07) is 6.68. The van der Waals surface area contributed by atoms with Gasteiger partial charge in [0.25, 0.3) is 0 Å². The first-order valence-corrected chi connectivity index (χ1v) is 7.22. The maximum Gasteiger partial charge on any atom is 0.215 e. The smallest absolute Gasteiger partial charge is 0.215 e. The van der Waals surface area contributed by atoms with Crippen molar-refractivity contribution < 1.29 is 19.5 Å². The summed E-state index contributed by atoms with van der Waals surface area (Å²) < 4.78 is 19.3. The number of ether oxygens (including phenoxy) is 1. The van der Waals surface area contributed by atoms with E-state index in [1.807, 2.05) is 6.07 Å². The van der Waals surface area contributed by atoms with Crippen LogP contribution in [0.5, 0.6) is 5.75 Å². The quantitative estimate of drug-likeness (QED) is 0.760. The van der Waals surface area contributed by atoms with E-state index in [2.05, 4.69) is 0 Å². The molecule has 0 saturated carbocycles. The highest BCUT2D eigenvalue weighted by Gasteiger charge is 2.42. The van der Waals surface area contributed by atoms with Gasteiger partial charge in [0, 0.05) is 18.7 Å². The van der Waals surface area contributed by atoms with Gasteiger partial charge in [-0.2, -0.15) is 5.26 Å². The minimum Gasteiger partial charge on any atom is -0.593 e. The molecule has 2 atom stereocenters. The Labute approximate surface area is 120 Å². The van der Waals surface area contributed by atoms with Crippen molar-refractivity contribution in [3.63, 3.8) is 0 Å². The predicted octanol–water partition coefficient (Wildman–Crippen LogP) is 0.0186. The van der Waals surface area contributed by atoms with Gasteiger partial charge in [-0.05, 0) is 12.5 Å². The van der Waals surface area contributed by atoms with Crippen LogP contribution in [0, 0.1) is 11.3 Å². The van der Waals surface area contributed by atoms with Crippen LogP contribution in [0.25, 0.3) is 0 Å². The maximum absolute atomic E-state index is 12.5. The van der Waals surface area contributed by atoms with Crippen molar-refractivity contribution in [3.05, 3.63) is 23.8 Å². The van der Waals surface area contributed by atoms with Gasteiger partial charge in [-0.1, -0.05) is 0 Å². The minimum atomic E-state index is -1.50. The van der Waals surface area contributed by atoms with E-state index in [1.165, 1.54) is 13.2 Å². The lowest BCUT2D eigenvalue weighted by atomic mass is 10.1. The molecule has 0 bridgehead atoms. The summed E-state index contributed by atoms with van der Waals surface area (Å²) in [5.74, 6) is 0.377. The summed E-state index contributed by atoms with van der Waals surface area (Å²) in [5, 5.41) is 27.9. The van der Waals surface area contributed by atoms with Crippen LogP contribution in [0.2, 0.25) is 0 Å². The van der Waals surface area contributed by atoms with Gasteiger partial charge in [0.05, 0.1) is 43.3 Å². The molecule has 1 aliphatic heterocycles. The second-order valence-corrected chi connectivity index (χ2v) is 6.18. The molecule has 1 aromatic rings. The fourth-order valence-corrected chi connectivity index (χ4v) is 3.50. The number of nitriles is 1. The molecule has 108 valence electrons. The highest BCUT2D eigenvalue weighted by molar-refractivity contribution is 7.89. The standard InChI is InChI=1S/C13H16N2O4S/c1-19-11-6-10(7-14)2-3-12(11)20(18)15-5-4-13(17,8-15)9-16/h2-3,6,16-17H,4-5,8-9H2,1H3. The van der Waals surface area contributed by atoms with Gasteiger partial charge in [0.15, 0.2) is 5.75 Å². The topological polar surface area (TPSA) is 99.8 Å². The fourth-order valence-electron chi connectivity index (χ4n) is 2.11. The number of benzene rings is 1. The third kappa shape index (κ3) is 2.90. The summed E-state index contributed by atoms with van der Waals surface area (Å²) in [4.78, 5) is 0.452. The third-order valence-electron chi connectivity index (χ3n) is 3.31. The Morgan fingerprint density at radius 3 is 2.90 bits per heavy atom. The molecule has 0 radical (unpaired) electrons. The summed E-state index contributed by atoms with van der Waals surface area (Å²) in [5.41, 5.74) is -0.772. The Morgan fingerprint density at radius 1 is 1.60 bits per heavy atom. The van der Waals surface area contributed by atoms with Gasteiger partial charge >= 0.3 is 0 Å². The third-order valence-corrected chi connectivity index (χ3v) is 4.80. The molecule has 2 rings (SSSR count). The van der Waals surface area contributed by atoms with E-state index < -0.39 is 17.0 Å². The first-order valence-electron chi connectivity index (χ1n) is 6.11. The summed E-state index contributed by atoms with van der Waals surface area (Å²) in [6.07, 6.45) is 0.369. The number of aliphatic hydroxyl groups is 2. The highest BCUT2D eigenvalue weighted by Crippen LogP contribution is 2.32. The monoisotopic (exact) mass is 296 g/mol. The Hall–Kier alpha value is -1.30. The fraction of sp³-hybridized carbons (Fsp3) is 0.462. The Morgan fingerprint density at radius 2 is 2.35 bits per heavy atom. The average molecular weight is 296 g/mol. The number of hydrogen-bond donors (Lipinski definition) is 2. The van der Waals surface area contributed by atoms with E-state index >= 15 is 0 Å². The number of aliphatic hydroxyl groups excluding tert-OH is 1. The van der Waals surface area contributed by atoms with Crippen LogP contribution in [-0.4, -0.2) is 51.5 Å². The number of rotatable bonds is 4. The average Bonchev–Trinajstić information content (AvgIpc) is 2.89. The van der Waals surface area contributed by atoms with Gasteiger partial charge in [-0.15, -0.1) is 4.31 Å². The lowest BCUT2D eigenvalue weighted by Gasteiger charge is -2.22. The van der Waals surface area contributed by atoms with Crippen molar-refractivity contribution in [1.29, 1.82) is 5.26 Å². The zero-order valence-electron chi connectivity index (χ0n) is 11.1. The van der Waals surface area contributed by atoms with Gasteiger partial charge in [0.1, 0.15) is 5.60 Å². The molecular weight excluding hydrogens is 280 g/mol. The number of β-amino-alcohol motifs (C(OH)–C–C–N with tert-alkyl or cyclic N) is 1. The first-order chi connectivity index (χ1) is 9.53. The lowest BCUT2D eigenvalue weighted by Crippen LogP contribution is -2.38. The molecule has 2 unspecified atom stereocenters. The van der Waals surface area contributed by atoms with Crippen molar-refractivity contribution in [1.82, 2.24) is 4.31 Å². The zero-order valence-corrected chi connectivity index (χ0v) is 11.9. The molecule has 1 fully saturated rings. The number of nitrogens with zero attached hydrogens (tertiary/aromatic N) is 2. The molecule has 0 aliphatic carbocycles. The molecule has 0 amide bonds. The number of methoxy groups -OCH3 is 1. The molecule has 1 aromatic carbocycles. The van der Waals surface area contributed by atoms with E-state index in [-0.39, 0.29) is 13.2 Å². The second-order valence-electron chi connectivity index (χ2n) is 4.72. The predicted molar refractivity (Wildman–Crippen MR) is 72.3 cm³/mol. The Kier molecular flexibility index (Phi) is 4.52. The lowest BCUT2D eigenvalue weighted by molar-refractivity contribution is -0.000734. The van der Waals surface area contributed by atoms with Crippen LogP contribution in [0.3, 0.4) is 0 Å². The van der Waals surface area contributed by atoms with E-state index in [9.17, 15) is 9.66 Å². The van der Waals surface area contributed by atoms with Gasteiger partial charge in [0.2, 0.25) is 4.90 Å². The summed E-state index contributed by atoms with van der Waals surface area (Å²) in [7, 11) is 1.45. The molecule has 0 aromatic heterocycles.